The van der Waals surface area contributed by atoms with Crippen LogP contribution in [0.25, 0.3) is 28.6 Å². The van der Waals surface area contributed by atoms with Gasteiger partial charge in [-0.25, -0.2) is 4.98 Å². The first-order chi connectivity index (χ1) is 12.8. The highest BCUT2D eigenvalue weighted by Crippen LogP contribution is 2.35. The summed E-state index contributed by atoms with van der Waals surface area (Å²) in [4.78, 5) is 17.3. The molecule has 0 radical (unpaired) electrons. The molecule has 5 rings (SSSR count). The van der Waals surface area contributed by atoms with Gasteiger partial charge in [-0.05, 0) is 24.3 Å². The number of hydrogen-bond donors (Lipinski definition) is 1. The van der Waals surface area contributed by atoms with Crippen molar-refractivity contribution in [2.45, 2.75) is 0 Å². The Bertz CT molecular complexity index is 1170. The Morgan fingerprint density at radius 2 is 1.65 bits per heavy atom. The number of rotatable bonds is 2. The van der Waals surface area contributed by atoms with Crippen LogP contribution in [0.15, 0.2) is 79.0 Å². The molecule has 1 amide bonds. The molecular weight excluding hydrogens is 322 g/mol. The van der Waals surface area contributed by atoms with E-state index >= 15 is 0 Å². The van der Waals surface area contributed by atoms with Gasteiger partial charge in [0.05, 0.1) is 17.0 Å². The van der Waals surface area contributed by atoms with Crippen molar-refractivity contribution in [3.05, 3.63) is 90.3 Å². The summed E-state index contributed by atoms with van der Waals surface area (Å²) in [5, 5.41) is 2.93. The highest BCUT2D eigenvalue weighted by atomic mass is 16.2. The molecule has 1 aliphatic heterocycles. The number of pyridine rings is 1. The Balaban J connectivity index is 1.78. The average molecular weight is 337 g/mol. The van der Waals surface area contributed by atoms with Gasteiger partial charge >= 0.3 is 0 Å². The summed E-state index contributed by atoms with van der Waals surface area (Å²) in [5.41, 5.74) is 6.06. The molecule has 0 fully saturated rings. The molecular formula is C22H15N3O. The van der Waals surface area contributed by atoms with Crippen LogP contribution in [0, 0.1) is 0 Å². The minimum Gasteiger partial charge on any atom is -0.321 e. The van der Waals surface area contributed by atoms with Crippen LogP contribution < -0.4 is 5.32 Å². The summed E-state index contributed by atoms with van der Waals surface area (Å²) in [5.74, 6) is -0.0870. The maximum atomic E-state index is 12.5. The molecule has 3 heterocycles. The van der Waals surface area contributed by atoms with Gasteiger partial charge in [0.1, 0.15) is 5.65 Å². The fourth-order valence-corrected chi connectivity index (χ4v) is 3.38. The Kier molecular flexibility index (Phi) is 3.22. The fourth-order valence-electron chi connectivity index (χ4n) is 3.38. The molecule has 0 bridgehead atoms. The Morgan fingerprint density at radius 3 is 2.54 bits per heavy atom. The van der Waals surface area contributed by atoms with Crippen molar-refractivity contribution in [2.75, 3.05) is 5.32 Å². The second-order valence-electron chi connectivity index (χ2n) is 6.20. The molecule has 0 saturated carbocycles. The predicted molar refractivity (Wildman–Crippen MR) is 104 cm³/mol. The number of aromatic nitrogens is 2. The monoisotopic (exact) mass is 337 g/mol. The molecule has 0 atom stereocenters. The zero-order valence-electron chi connectivity index (χ0n) is 13.9. The van der Waals surface area contributed by atoms with Crippen molar-refractivity contribution in [1.29, 1.82) is 0 Å². The molecule has 1 aliphatic rings. The number of amides is 1. The fraction of sp³-hybridized carbons (Fsp3) is 0. The minimum atomic E-state index is -0.0870. The number of para-hydroxylation sites is 1. The third-order valence-electron chi connectivity index (χ3n) is 4.61. The number of carbonyl (C=O) groups excluding carboxylic acids is 1. The average Bonchev–Trinajstić information content (AvgIpc) is 3.21. The van der Waals surface area contributed by atoms with E-state index in [-0.39, 0.29) is 5.91 Å². The number of carbonyl (C=O) groups is 1. The Labute approximate surface area is 150 Å². The molecule has 4 nitrogen and oxygen atoms in total. The molecule has 0 spiro atoms. The molecule has 4 heteroatoms. The van der Waals surface area contributed by atoms with Gasteiger partial charge in [0, 0.05) is 23.0 Å². The smallest absolute Gasteiger partial charge is 0.256 e. The van der Waals surface area contributed by atoms with Gasteiger partial charge in [0.15, 0.2) is 0 Å². The zero-order valence-corrected chi connectivity index (χ0v) is 13.9. The first-order valence-corrected chi connectivity index (χ1v) is 8.46. The maximum absolute atomic E-state index is 12.5. The van der Waals surface area contributed by atoms with E-state index in [0.29, 0.717) is 5.57 Å². The first kappa shape index (κ1) is 14.7. The summed E-state index contributed by atoms with van der Waals surface area (Å²) in [7, 11) is 0. The van der Waals surface area contributed by atoms with E-state index in [1.165, 1.54) is 0 Å². The molecule has 26 heavy (non-hydrogen) atoms. The minimum absolute atomic E-state index is 0.0870. The van der Waals surface area contributed by atoms with Crippen molar-refractivity contribution in [2.24, 2.45) is 0 Å². The van der Waals surface area contributed by atoms with E-state index < -0.39 is 0 Å². The van der Waals surface area contributed by atoms with Crippen molar-refractivity contribution in [1.82, 2.24) is 9.38 Å². The number of imidazole rings is 1. The van der Waals surface area contributed by atoms with E-state index in [2.05, 4.69) is 5.32 Å². The van der Waals surface area contributed by atoms with E-state index in [1.807, 2.05) is 89.5 Å². The molecule has 124 valence electrons. The topological polar surface area (TPSA) is 46.4 Å². The molecule has 4 aromatic rings. The highest BCUT2D eigenvalue weighted by molar-refractivity contribution is 6.35. The summed E-state index contributed by atoms with van der Waals surface area (Å²) in [6.07, 6.45) is 3.91. The number of nitrogens with zero attached hydrogens (tertiary/aromatic N) is 2. The Hall–Kier alpha value is -3.66. The number of fused-ring (bicyclic) bond motifs is 2. The van der Waals surface area contributed by atoms with Gasteiger partial charge in [-0.15, -0.1) is 0 Å². The molecule has 2 aromatic carbocycles. The van der Waals surface area contributed by atoms with Gasteiger partial charge in [0.2, 0.25) is 0 Å². The Morgan fingerprint density at radius 1 is 0.885 bits per heavy atom. The van der Waals surface area contributed by atoms with E-state index in [1.54, 1.807) is 0 Å². The van der Waals surface area contributed by atoms with Crippen LogP contribution in [0.5, 0.6) is 0 Å². The van der Waals surface area contributed by atoms with Crippen LogP contribution in [-0.2, 0) is 4.79 Å². The third kappa shape index (κ3) is 2.24. The molecule has 0 saturated heterocycles. The van der Waals surface area contributed by atoms with Crippen molar-refractivity contribution < 1.29 is 4.79 Å². The van der Waals surface area contributed by atoms with Crippen molar-refractivity contribution in [3.63, 3.8) is 0 Å². The lowest BCUT2D eigenvalue weighted by Gasteiger charge is -2.03. The number of nitrogens with one attached hydrogen (secondary N) is 1. The van der Waals surface area contributed by atoms with Crippen LogP contribution in [0.3, 0.4) is 0 Å². The summed E-state index contributed by atoms with van der Waals surface area (Å²) in [6, 6.07) is 23.7. The molecule has 2 aromatic heterocycles. The molecule has 0 unspecified atom stereocenters. The first-order valence-electron chi connectivity index (χ1n) is 8.46. The lowest BCUT2D eigenvalue weighted by atomic mass is 10.0. The van der Waals surface area contributed by atoms with Gasteiger partial charge in [-0.3, -0.25) is 9.20 Å². The number of hydrogen-bond acceptors (Lipinski definition) is 2. The van der Waals surface area contributed by atoms with E-state index in [4.69, 9.17) is 4.98 Å². The second kappa shape index (κ2) is 5.70. The largest absolute Gasteiger partial charge is 0.321 e. The predicted octanol–water partition coefficient (Wildman–Crippen LogP) is 4.49. The van der Waals surface area contributed by atoms with E-state index in [9.17, 15) is 4.79 Å². The van der Waals surface area contributed by atoms with Gasteiger partial charge in [-0.2, -0.15) is 0 Å². The van der Waals surface area contributed by atoms with Gasteiger partial charge < -0.3 is 5.32 Å². The third-order valence-corrected chi connectivity index (χ3v) is 4.61. The van der Waals surface area contributed by atoms with Gasteiger partial charge in [-0.1, -0.05) is 54.6 Å². The van der Waals surface area contributed by atoms with Crippen molar-refractivity contribution in [3.8, 4) is 11.3 Å². The summed E-state index contributed by atoms with van der Waals surface area (Å²) in [6.45, 7) is 0. The van der Waals surface area contributed by atoms with Gasteiger partial charge in [0.25, 0.3) is 5.91 Å². The lowest BCUT2D eigenvalue weighted by Crippen LogP contribution is -2.04. The molecule has 1 N–H and O–H groups in total. The zero-order chi connectivity index (χ0) is 17.5. The number of benzene rings is 2. The molecule has 0 aliphatic carbocycles. The normalized spacial score (nSPS) is 14.6. The van der Waals surface area contributed by atoms with Crippen LogP contribution in [0.2, 0.25) is 0 Å². The van der Waals surface area contributed by atoms with E-state index in [0.717, 1.165) is 33.8 Å². The van der Waals surface area contributed by atoms with Crippen LogP contribution in [0.4, 0.5) is 5.69 Å². The SMILES string of the molecule is O=C1Nc2ccccc2/C1=C\c1c(-c2ccccc2)nc2ccccn12. The lowest BCUT2D eigenvalue weighted by molar-refractivity contribution is -0.110. The summed E-state index contributed by atoms with van der Waals surface area (Å²) >= 11 is 0. The maximum Gasteiger partial charge on any atom is 0.256 e. The highest BCUT2D eigenvalue weighted by Gasteiger charge is 2.24. The summed E-state index contributed by atoms with van der Waals surface area (Å²) < 4.78 is 2.02. The second-order valence-corrected chi connectivity index (χ2v) is 6.20. The standard InChI is InChI=1S/C22H15N3O/c26-22-17(16-10-4-5-11-18(16)23-22)14-19-21(15-8-2-1-3-9-15)24-20-12-6-7-13-25(19)20/h1-14H,(H,23,26)/b17-14+. The van der Waals surface area contributed by atoms with Crippen LogP contribution in [0.1, 0.15) is 11.3 Å². The van der Waals surface area contributed by atoms with Crippen LogP contribution >= 0.6 is 0 Å². The number of anilines is 1. The quantitative estimate of drug-likeness (QED) is 0.548. The van der Waals surface area contributed by atoms with Crippen LogP contribution in [-0.4, -0.2) is 15.3 Å². The van der Waals surface area contributed by atoms with Crippen molar-refractivity contribution >= 4 is 28.9 Å².